The van der Waals surface area contributed by atoms with Crippen molar-refractivity contribution in [1.82, 2.24) is 4.98 Å². The predicted molar refractivity (Wildman–Crippen MR) is 165 cm³/mol. The van der Waals surface area contributed by atoms with Gasteiger partial charge in [-0.05, 0) is 30.5 Å². The molecular weight excluding hydrogens is 594 g/mol. The van der Waals surface area contributed by atoms with E-state index < -0.39 is 11.9 Å². The van der Waals surface area contributed by atoms with Crippen molar-refractivity contribution in [2.24, 2.45) is 11.8 Å². The summed E-state index contributed by atoms with van der Waals surface area (Å²) in [6, 6.07) is 8.85. The Morgan fingerprint density at radius 2 is 1.40 bits per heavy atom. The molecule has 4 aromatic rings. The lowest BCUT2D eigenvalue weighted by molar-refractivity contribution is -0.141. The number of benzene rings is 1. The van der Waals surface area contributed by atoms with Gasteiger partial charge in [0.1, 0.15) is 5.78 Å². The number of methoxy groups -OCH3 is 2. The highest BCUT2D eigenvalue weighted by atomic mass is 32.1. The van der Waals surface area contributed by atoms with Gasteiger partial charge in [-0.3, -0.25) is 19.2 Å². The van der Waals surface area contributed by atoms with Gasteiger partial charge in [0.25, 0.3) is 5.88 Å². The zero-order chi connectivity index (χ0) is 31.3. The van der Waals surface area contributed by atoms with Crippen molar-refractivity contribution < 1.29 is 43.2 Å². The molecule has 0 aliphatic rings. The number of rotatable bonds is 16. The van der Waals surface area contributed by atoms with E-state index in [1.165, 1.54) is 50.7 Å². The summed E-state index contributed by atoms with van der Waals surface area (Å²) >= 11 is 2.59. The van der Waals surface area contributed by atoms with Crippen LogP contribution in [-0.4, -0.2) is 60.8 Å². The van der Waals surface area contributed by atoms with Gasteiger partial charge in [0.15, 0.2) is 28.8 Å². The van der Waals surface area contributed by atoms with Crippen molar-refractivity contribution in [2.45, 2.75) is 40.0 Å². The molecule has 0 saturated carbocycles. The molecule has 0 spiro atoms. The highest BCUT2D eigenvalue weighted by Gasteiger charge is 2.21. The number of nitrogens with zero attached hydrogens (tertiary/aromatic N) is 1. The molecule has 0 radical (unpaired) electrons. The summed E-state index contributed by atoms with van der Waals surface area (Å²) in [5.41, 5.74) is 0.619. The van der Waals surface area contributed by atoms with Crippen LogP contribution in [0.25, 0.3) is 20.3 Å². The van der Waals surface area contributed by atoms with Crippen molar-refractivity contribution in [3.05, 3.63) is 40.1 Å². The maximum Gasteiger partial charge on any atom is 0.306 e. The van der Waals surface area contributed by atoms with Crippen LogP contribution in [0.15, 0.2) is 30.3 Å². The zero-order valence-corrected chi connectivity index (χ0v) is 26.2. The van der Waals surface area contributed by atoms with Crippen LogP contribution in [0.1, 0.15) is 59.4 Å². The largest absolute Gasteiger partial charge is 0.493 e. The lowest BCUT2D eigenvalue weighted by Crippen LogP contribution is -2.13. The molecule has 1 N–H and O–H groups in total. The first-order valence-electron chi connectivity index (χ1n) is 13.7. The van der Waals surface area contributed by atoms with E-state index in [4.69, 9.17) is 24.1 Å². The Labute approximate surface area is 256 Å². The second kappa shape index (κ2) is 14.0. The average Bonchev–Trinajstić information content (AvgIpc) is 3.59. The third-order valence-electron chi connectivity index (χ3n) is 6.88. The van der Waals surface area contributed by atoms with Gasteiger partial charge in [-0.15, -0.1) is 22.7 Å². The molecule has 12 heteroatoms. The Bertz CT molecular complexity index is 1550. The number of aliphatic carboxylic acids is 1. The van der Waals surface area contributed by atoms with Gasteiger partial charge in [0.2, 0.25) is 0 Å². The fourth-order valence-electron chi connectivity index (χ4n) is 4.19. The van der Waals surface area contributed by atoms with Crippen LogP contribution in [0.2, 0.25) is 0 Å². The number of pyridine rings is 1. The maximum absolute atomic E-state index is 12.7. The van der Waals surface area contributed by atoms with Crippen LogP contribution in [0.5, 0.6) is 23.1 Å². The molecule has 4 rings (SSSR count). The second-order valence-corrected chi connectivity index (χ2v) is 12.4. The lowest BCUT2D eigenvalue weighted by atomic mass is 10.0. The molecule has 2 atom stereocenters. The summed E-state index contributed by atoms with van der Waals surface area (Å²) < 4.78 is 24.4. The molecule has 10 nitrogen and oxygen atoms in total. The van der Waals surface area contributed by atoms with Crippen molar-refractivity contribution in [3.63, 3.8) is 0 Å². The Hall–Kier alpha value is -4.03. The lowest BCUT2D eigenvalue weighted by Gasteiger charge is -2.12. The second-order valence-electron chi connectivity index (χ2n) is 10.2. The standard InChI is InChI=1S/C31H33NO9S2/c1-16(18(3)33)9-21(34)29-13-20-27(43-29)15-25(30(32-20)39-5)41-8-6-7-40-24-11-19-12-28(22(35)10-17(2)31(36)37)42-26(19)14-23(24)38-4/h11-17H,6-10H2,1-5H3,(H,36,37)/t16-,17-/m0/s1. The Morgan fingerprint density at radius 3 is 2.02 bits per heavy atom. The van der Waals surface area contributed by atoms with E-state index in [-0.39, 0.29) is 36.1 Å². The Morgan fingerprint density at radius 1 is 0.791 bits per heavy atom. The average molecular weight is 628 g/mol. The molecule has 0 bridgehead atoms. The zero-order valence-electron chi connectivity index (χ0n) is 24.6. The van der Waals surface area contributed by atoms with Crippen LogP contribution < -0.4 is 18.9 Å². The molecule has 0 amide bonds. The smallest absolute Gasteiger partial charge is 0.306 e. The fourth-order valence-corrected chi connectivity index (χ4v) is 6.19. The minimum absolute atomic E-state index is 0.0235. The number of fused-ring (bicyclic) bond motifs is 2. The molecule has 43 heavy (non-hydrogen) atoms. The number of hydrogen-bond donors (Lipinski definition) is 1. The van der Waals surface area contributed by atoms with Gasteiger partial charge in [-0.2, -0.15) is 0 Å². The number of hydrogen-bond acceptors (Lipinski definition) is 11. The molecule has 0 saturated heterocycles. The van der Waals surface area contributed by atoms with Crippen molar-refractivity contribution in [2.75, 3.05) is 27.4 Å². The maximum atomic E-state index is 12.7. The van der Waals surface area contributed by atoms with E-state index in [1.807, 2.05) is 0 Å². The predicted octanol–water partition coefficient (Wildman–Crippen LogP) is 6.47. The molecule has 3 heterocycles. The summed E-state index contributed by atoms with van der Waals surface area (Å²) in [5.74, 6) is -0.664. The van der Waals surface area contributed by atoms with Gasteiger partial charge >= 0.3 is 5.97 Å². The minimum Gasteiger partial charge on any atom is -0.493 e. The molecule has 0 aliphatic heterocycles. The number of carboxylic acid groups (broad SMARTS) is 1. The van der Waals surface area contributed by atoms with Crippen LogP contribution in [0.3, 0.4) is 0 Å². The topological polar surface area (TPSA) is 138 Å². The van der Waals surface area contributed by atoms with E-state index in [9.17, 15) is 19.2 Å². The van der Waals surface area contributed by atoms with E-state index >= 15 is 0 Å². The minimum atomic E-state index is -1.00. The quantitative estimate of drug-likeness (QED) is 0.109. The number of aromatic nitrogens is 1. The number of carbonyl (C=O) groups is 4. The summed E-state index contributed by atoms with van der Waals surface area (Å²) in [6.45, 7) is 5.36. The number of Topliss-reactive ketones (excluding diaryl/α,β-unsaturated/α-hetero) is 3. The van der Waals surface area contributed by atoms with E-state index in [0.717, 1.165) is 14.8 Å². The van der Waals surface area contributed by atoms with Crippen molar-refractivity contribution in [1.29, 1.82) is 0 Å². The molecule has 0 aliphatic carbocycles. The molecule has 3 aromatic heterocycles. The molecule has 228 valence electrons. The van der Waals surface area contributed by atoms with E-state index in [1.54, 1.807) is 37.3 Å². The van der Waals surface area contributed by atoms with Gasteiger partial charge in [-0.1, -0.05) is 13.8 Å². The first kappa shape index (κ1) is 31.9. The number of ether oxygens (including phenoxy) is 4. The van der Waals surface area contributed by atoms with Gasteiger partial charge in [-0.25, -0.2) is 4.98 Å². The first-order valence-corrected chi connectivity index (χ1v) is 15.3. The van der Waals surface area contributed by atoms with Crippen molar-refractivity contribution >= 4 is 66.3 Å². The monoisotopic (exact) mass is 627 g/mol. The Balaban J connectivity index is 1.38. The number of thiophene rings is 2. The molecule has 0 unspecified atom stereocenters. The van der Waals surface area contributed by atoms with Gasteiger partial charge in [0.05, 0.1) is 53.3 Å². The normalized spacial score (nSPS) is 12.6. The van der Waals surface area contributed by atoms with Crippen LogP contribution in [0.4, 0.5) is 0 Å². The summed E-state index contributed by atoms with van der Waals surface area (Å²) in [7, 11) is 3.03. The van der Waals surface area contributed by atoms with E-state index in [0.29, 0.717) is 58.0 Å². The third kappa shape index (κ3) is 7.68. The fraction of sp³-hybridized carbons (Fsp3) is 0.387. The number of carboxylic acids is 1. The third-order valence-corrected chi connectivity index (χ3v) is 9.13. The van der Waals surface area contributed by atoms with Crippen LogP contribution >= 0.6 is 22.7 Å². The summed E-state index contributed by atoms with van der Waals surface area (Å²) in [5, 5.41) is 9.92. The van der Waals surface area contributed by atoms with Crippen molar-refractivity contribution in [3.8, 4) is 23.1 Å². The van der Waals surface area contributed by atoms with Crippen LogP contribution in [-0.2, 0) is 9.59 Å². The highest BCUT2D eigenvalue weighted by molar-refractivity contribution is 7.21. The SMILES string of the molecule is COc1cc2sc(C(=O)C[C@H](C)C(=O)O)cc2cc1OCCCOc1cc2sc(C(=O)C[C@H](C)C(C)=O)cc2nc1OC. The van der Waals surface area contributed by atoms with Gasteiger partial charge < -0.3 is 24.1 Å². The highest BCUT2D eigenvalue weighted by Crippen LogP contribution is 2.38. The molecular formula is C31H33NO9S2. The number of carbonyl (C=O) groups excluding carboxylic acids is 3. The van der Waals surface area contributed by atoms with E-state index in [2.05, 4.69) is 4.98 Å². The molecule has 1 aromatic carbocycles. The molecule has 0 fully saturated rings. The first-order chi connectivity index (χ1) is 20.5. The Kier molecular flexibility index (Phi) is 10.4. The summed E-state index contributed by atoms with van der Waals surface area (Å²) in [4.78, 5) is 53.4. The van der Waals surface area contributed by atoms with Crippen LogP contribution in [0, 0.1) is 11.8 Å². The summed E-state index contributed by atoms with van der Waals surface area (Å²) in [6.07, 6.45) is 0.611. The number of ketones is 3. The van der Waals surface area contributed by atoms with Gasteiger partial charge in [0, 0.05) is 42.0 Å².